The quantitative estimate of drug-likeness (QED) is 0.511. The number of carbonyl (C=O) groups excluding carboxylic acids is 2. The van der Waals surface area contributed by atoms with Crippen LogP contribution in [0.4, 0.5) is 11.4 Å². The average molecular weight is 312 g/mol. The molecule has 1 aromatic rings. The van der Waals surface area contributed by atoms with E-state index in [0.29, 0.717) is 42.7 Å². The highest BCUT2D eigenvalue weighted by molar-refractivity contribution is 7.13. The summed E-state index contributed by atoms with van der Waals surface area (Å²) >= 11 is 1.36. The third-order valence-corrected chi connectivity index (χ3v) is 4.59. The molecule has 0 fully saturated rings. The highest BCUT2D eigenvalue weighted by Crippen LogP contribution is 2.42. The molecule has 0 unspecified atom stereocenters. The highest BCUT2D eigenvalue weighted by atomic mass is 32.1. The normalized spacial score (nSPS) is 14.0. The second-order valence-electron chi connectivity index (χ2n) is 4.76. The van der Waals surface area contributed by atoms with Gasteiger partial charge in [0.05, 0.1) is 16.9 Å². The monoisotopic (exact) mass is 312 g/mol. The van der Waals surface area contributed by atoms with E-state index in [1.807, 2.05) is 0 Å². The molecule has 0 atom stereocenters. The molecular weight excluding hydrogens is 296 g/mol. The first-order valence-electron chi connectivity index (χ1n) is 6.68. The molecule has 0 saturated carbocycles. The number of esters is 1. The summed E-state index contributed by atoms with van der Waals surface area (Å²) in [5, 5.41) is 13.9. The van der Waals surface area contributed by atoms with E-state index < -0.39 is 4.92 Å². The molecule has 114 valence electrons. The van der Waals surface area contributed by atoms with Crippen LogP contribution < -0.4 is 5.32 Å². The van der Waals surface area contributed by atoms with E-state index in [4.69, 9.17) is 0 Å². The number of nitrogens with zero attached hydrogens (tertiary/aromatic N) is 1. The van der Waals surface area contributed by atoms with E-state index >= 15 is 0 Å². The molecule has 2 rings (SSSR count). The summed E-state index contributed by atoms with van der Waals surface area (Å²) in [6.45, 7) is 0. The highest BCUT2D eigenvalue weighted by Gasteiger charge is 2.29. The fraction of sp³-hybridized carbons (Fsp3) is 0.538. The van der Waals surface area contributed by atoms with Gasteiger partial charge in [0.25, 0.3) is 0 Å². The topological polar surface area (TPSA) is 98.5 Å². The van der Waals surface area contributed by atoms with Crippen molar-refractivity contribution in [3.05, 3.63) is 19.9 Å². The standard InChI is InChI=1S/C13H16N2O5S/c1-20-11(17)7-3-5-9-13(15(18)19)12-8(21-9)4-2-6-10(16)14-12/h2-7H2,1H3,(H,14,16). The van der Waals surface area contributed by atoms with Crippen molar-refractivity contribution in [3.8, 4) is 0 Å². The van der Waals surface area contributed by atoms with E-state index in [2.05, 4.69) is 10.1 Å². The summed E-state index contributed by atoms with van der Waals surface area (Å²) < 4.78 is 4.55. The van der Waals surface area contributed by atoms with Crippen LogP contribution in [0, 0.1) is 10.1 Å². The number of amides is 1. The zero-order valence-electron chi connectivity index (χ0n) is 11.6. The number of rotatable bonds is 5. The summed E-state index contributed by atoms with van der Waals surface area (Å²) in [7, 11) is 1.31. The minimum Gasteiger partial charge on any atom is -0.469 e. The molecule has 1 amide bonds. The van der Waals surface area contributed by atoms with Crippen LogP contribution in [-0.2, 0) is 27.2 Å². The van der Waals surface area contributed by atoms with Crippen LogP contribution in [0.15, 0.2) is 0 Å². The van der Waals surface area contributed by atoms with Crippen molar-refractivity contribution in [1.82, 2.24) is 0 Å². The minimum atomic E-state index is -0.450. The molecule has 0 aromatic carbocycles. The number of nitro groups is 1. The van der Waals surface area contributed by atoms with Gasteiger partial charge in [0.15, 0.2) is 0 Å². The number of thiophene rings is 1. The van der Waals surface area contributed by atoms with E-state index in [1.54, 1.807) is 0 Å². The van der Waals surface area contributed by atoms with Gasteiger partial charge < -0.3 is 10.1 Å². The number of hydrogen-bond acceptors (Lipinski definition) is 6. The molecule has 1 aliphatic heterocycles. The number of fused-ring (bicyclic) bond motifs is 1. The molecule has 2 heterocycles. The van der Waals surface area contributed by atoms with Gasteiger partial charge in [-0.3, -0.25) is 19.7 Å². The largest absolute Gasteiger partial charge is 0.469 e. The van der Waals surface area contributed by atoms with Crippen molar-refractivity contribution >= 4 is 34.6 Å². The second kappa shape index (κ2) is 6.66. The van der Waals surface area contributed by atoms with Gasteiger partial charge in [0, 0.05) is 17.7 Å². The fourth-order valence-corrected chi connectivity index (χ4v) is 3.61. The molecule has 0 saturated heterocycles. The Morgan fingerprint density at radius 1 is 1.48 bits per heavy atom. The summed E-state index contributed by atoms with van der Waals surface area (Å²) in [6, 6.07) is 0. The van der Waals surface area contributed by atoms with Gasteiger partial charge in [0.1, 0.15) is 5.69 Å². The van der Waals surface area contributed by atoms with Crippen molar-refractivity contribution in [2.75, 3.05) is 12.4 Å². The third-order valence-electron chi connectivity index (χ3n) is 3.29. The Hall–Kier alpha value is -1.96. The Bertz CT molecular complexity index is 581. The van der Waals surface area contributed by atoms with Gasteiger partial charge in [0.2, 0.25) is 5.91 Å². The zero-order chi connectivity index (χ0) is 15.4. The van der Waals surface area contributed by atoms with Gasteiger partial charge in [-0.15, -0.1) is 11.3 Å². The van der Waals surface area contributed by atoms with Crippen LogP contribution in [0.2, 0.25) is 0 Å². The molecule has 7 nitrogen and oxygen atoms in total. The lowest BCUT2D eigenvalue weighted by atomic mass is 10.1. The minimum absolute atomic E-state index is 0.0184. The molecule has 0 bridgehead atoms. The Labute approximate surface area is 125 Å². The van der Waals surface area contributed by atoms with E-state index in [0.717, 1.165) is 4.88 Å². The first kappa shape index (κ1) is 15.4. The molecule has 1 N–H and O–H groups in total. The molecular formula is C13H16N2O5S. The molecule has 21 heavy (non-hydrogen) atoms. The van der Waals surface area contributed by atoms with Crippen molar-refractivity contribution < 1.29 is 19.2 Å². The molecule has 0 radical (unpaired) electrons. The lowest BCUT2D eigenvalue weighted by Gasteiger charge is -2.01. The molecule has 0 aliphatic carbocycles. The zero-order valence-corrected chi connectivity index (χ0v) is 12.5. The van der Waals surface area contributed by atoms with Gasteiger partial charge in [-0.1, -0.05) is 0 Å². The Morgan fingerprint density at radius 3 is 2.90 bits per heavy atom. The molecule has 1 aromatic heterocycles. The maximum absolute atomic E-state index is 11.6. The van der Waals surface area contributed by atoms with E-state index in [1.165, 1.54) is 18.4 Å². The molecule has 8 heteroatoms. The molecule has 1 aliphatic rings. The third kappa shape index (κ3) is 3.57. The Kier molecular flexibility index (Phi) is 4.89. The second-order valence-corrected chi connectivity index (χ2v) is 5.95. The Morgan fingerprint density at radius 2 is 2.24 bits per heavy atom. The first-order chi connectivity index (χ1) is 10.0. The summed E-state index contributed by atoms with van der Waals surface area (Å²) in [4.78, 5) is 35.0. The maximum atomic E-state index is 11.6. The number of nitrogens with one attached hydrogen (secondary N) is 1. The first-order valence-corrected chi connectivity index (χ1v) is 7.50. The van der Waals surface area contributed by atoms with Crippen molar-refractivity contribution in [3.63, 3.8) is 0 Å². The number of hydrogen-bond donors (Lipinski definition) is 1. The SMILES string of the molecule is COC(=O)CCCc1sc2c(c1[N+](=O)[O-])NC(=O)CCC2. The smallest absolute Gasteiger partial charge is 0.306 e. The fourth-order valence-electron chi connectivity index (χ4n) is 2.29. The van der Waals surface area contributed by atoms with Crippen molar-refractivity contribution in [2.24, 2.45) is 0 Å². The lowest BCUT2D eigenvalue weighted by Crippen LogP contribution is -2.10. The van der Waals surface area contributed by atoms with Gasteiger partial charge >= 0.3 is 11.7 Å². The number of ether oxygens (including phenoxy) is 1. The van der Waals surface area contributed by atoms with Crippen molar-refractivity contribution in [1.29, 1.82) is 0 Å². The summed E-state index contributed by atoms with van der Waals surface area (Å²) in [5.41, 5.74) is 0.329. The number of anilines is 1. The van der Waals surface area contributed by atoms with Crippen LogP contribution >= 0.6 is 11.3 Å². The van der Waals surface area contributed by atoms with E-state index in [9.17, 15) is 19.7 Å². The van der Waals surface area contributed by atoms with Gasteiger partial charge in [-0.2, -0.15) is 0 Å². The maximum Gasteiger partial charge on any atom is 0.306 e. The lowest BCUT2D eigenvalue weighted by molar-refractivity contribution is -0.384. The van der Waals surface area contributed by atoms with E-state index in [-0.39, 0.29) is 24.0 Å². The van der Waals surface area contributed by atoms with Gasteiger partial charge in [-0.25, -0.2) is 0 Å². The van der Waals surface area contributed by atoms with Crippen molar-refractivity contribution in [2.45, 2.75) is 38.5 Å². The number of carbonyl (C=O) groups is 2. The molecule has 0 spiro atoms. The number of methoxy groups -OCH3 is 1. The predicted molar refractivity (Wildman–Crippen MR) is 77.5 cm³/mol. The predicted octanol–water partition coefficient (Wildman–Crippen LogP) is 2.43. The van der Waals surface area contributed by atoms with Gasteiger partial charge in [-0.05, 0) is 25.7 Å². The van der Waals surface area contributed by atoms with Crippen LogP contribution in [0.5, 0.6) is 0 Å². The van der Waals surface area contributed by atoms with Crippen LogP contribution in [-0.4, -0.2) is 23.9 Å². The average Bonchev–Trinajstić information content (AvgIpc) is 2.66. The Balaban J connectivity index is 2.21. The number of aryl methyl sites for hydroxylation is 2. The van der Waals surface area contributed by atoms with Crippen LogP contribution in [0.1, 0.15) is 35.4 Å². The van der Waals surface area contributed by atoms with Crippen LogP contribution in [0.25, 0.3) is 0 Å². The summed E-state index contributed by atoms with van der Waals surface area (Å²) in [5.74, 6) is -0.514. The van der Waals surface area contributed by atoms with Crippen LogP contribution in [0.3, 0.4) is 0 Å². The summed E-state index contributed by atoms with van der Waals surface area (Å²) in [6.07, 6.45) is 2.88.